The third-order valence-electron chi connectivity index (χ3n) is 2.59. The Kier molecular flexibility index (Phi) is 5.86. The average molecular weight is 287 g/mol. The zero-order valence-corrected chi connectivity index (χ0v) is 11.3. The van der Waals surface area contributed by atoms with E-state index in [1.54, 1.807) is 18.2 Å². The molecule has 1 atom stereocenters. The summed E-state index contributed by atoms with van der Waals surface area (Å²) < 4.78 is 47.1. The summed E-state index contributed by atoms with van der Waals surface area (Å²) in [4.78, 5) is 0. The van der Waals surface area contributed by atoms with E-state index in [0.717, 1.165) is 6.92 Å². The lowest BCUT2D eigenvalue weighted by molar-refractivity contribution is -0.217. The van der Waals surface area contributed by atoms with Gasteiger partial charge < -0.3 is 15.2 Å². The molecule has 0 radical (unpaired) electrons. The van der Waals surface area contributed by atoms with Crippen molar-refractivity contribution in [1.82, 2.24) is 0 Å². The molecule has 3 nitrogen and oxygen atoms in total. The molecule has 0 aromatic heterocycles. The lowest BCUT2D eigenvalue weighted by Gasteiger charge is -2.17. The summed E-state index contributed by atoms with van der Waals surface area (Å²) in [6.07, 6.45) is -6.23. The van der Waals surface area contributed by atoms with Crippen molar-refractivity contribution in [3.05, 3.63) is 29.3 Å². The van der Waals surface area contributed by atoms with Crippen molar-refractivity contribution < 1.29 is 22.6 Å². The molecule has 1 rings (SSSR count). The van der Waals surface area contributed by atoms with Gasteiger partial charge in [-0.25, -0.2) is 0 Å². The van der Waals surface area contributed by atoms with Gasteiger partial charge in [-0.05, 0) is 30.7 Å². The van der Waals surface area contributed by atoms with Crippen molar-refractivity contribution in [1.29, 1.82) is 0 Å². The maximum Gasteiger partial charge on any atom is 0.414 e. The summed E-state index contributed by atoms with van der Waals surface area (Å²) in [6, 6.07) is 4.94. The number of halogens is 3. The predicted octanol–water partition coefficient (Wildman–Crippen LogP) is 2.47. The van der Waals surface area contributed by atoms with Crippen LogP contribution in [-0.4, -0.2) is 25.9 Å². The number of alkyl halides is 3. The van der Waals surface area contributed by atoms with E-state index in [0.29, 0.717) is 16.9 Å². The number of hydrogen-bond donors (Lipinski definition) is 1. The number of rotatable bonds is 4. The van der Waals surface area contributed by atoms with Crippen molar-refractivity contribution in [2.45, 2.75) is 25.8 Å². The number of benzene rings is 1. The molecule has 1 aromatic rings. The number of methoxy groups -OCH3 is 1. The Morgan fingerprint density at radius 3 is 2.60 bits per heavy atom. The third-order valence-corrected chi connectivity index (χ3v) is 2.59. The maximum atomic E-state index is 12.4. The Morgan fingerprint density at radius 1 is 1.35 bits per heavy atom. The molecular weight excluding hydrogens is 271 g/mol. The summed E-state index contributed by atoms with van der Waals surface area (Å²) >= 11 is 0. The fraction of sp³-hybridized carbons (Fsp3) is 0.429. The largest absolute Gasteiger partial charge is 0.497 e. The van der Waals surface area contributed by atoms with Crippen molar-refractivity contribution >= 4 is 0 Å². The molecule has 2 N–H and O–H groups in total. The van der Waals surface area contributed by atoms with Gasteiger partial charge in [-0.15, -0.1) is 0 Å². The van der Waals surface area contributed by atoms with Crippen molar-refractivity contribution in [3.63, 3.8) is 0 Å². The molecular formula is C14H16F3NO2. The summed E-state index contributed by atoms with van der Waals surface area (Å²) in [6.45, 7) is 0.934. The minimum Gasteiger partial charge on any atom is -0.497 e. The van der Waals surface area contributed by atoms with Crippen LogP contribution in [0.15, 0.2) is 18.2 Å². The van der Waals surface area contributed by atoms with E-state index in [1.165, 1.54) is 7.11 Å². The van der Waals surface area contributed by atoms with E-state index >= 15 is 0 Å². The van der Waals surface area contributed by atoms with Crippen molar-refractivity contribution in [2.24, 2.45) is 5.73 Å². The van der Waals surface area contributed by atoms with Crippen LogP contribution >= 0.6 is 0 Å². The van der Waals surface area contributed by atoms with Crippen LogP contribution in [0.5, 0.6) is 5.75 Å². The Bertz CT molecular complexity index is 503. The fourth-order valence-corrected chi connectivity index (χ4v) is 1.39. The van der Waals surface area contributed by atoms with Gasteiger partial charge in [0.05, 0.1) is 20.3 Å². The molecule has 20 heavy (non-hydrogen) atoms. The van der Waals surface area contributed by atoms with Crippen LogP contribution in [0.25, 0.3) is 0 Å². The van der Waals surface area contributed by atoms with Gasteiger partial charge in [-0.3, -0.25) is 0 Å². The molecule has 0 saturated carbocycles. The van der Waals surface area contributed by atoms with Gasteiger partial charge in [0, 0.05) is 5.56 Å². The first-order valence-electron chi connectivity index (χ1n) is 5.92. The van der Waals surface area contributed by atoms with E-state index in [4.69, 9.17) is 15.2 Å². The summed E-state index contributed by atoms with van der Waals surface area (Å²) in [5.41, 5.74) is 6.39. The molecule has 1 aromatic carbocycles. The van der Waals surface area contributed by atoms with Crippen LogP contribution in [-0.2, 0) is 11.3 Å². The molecule has 0 saturated heterocycles. The minimum absolute atomic E-state index is 0.172. The second-order valence-electron chi connectivity index (χ2n) is 4.02. The second kappa shape index (κ2) is 7.17. The highest BCUT2D eigenvalue weighted by Crippen LogP contribution is 2.25. The van der Waals surface area contributed by atoms with E-state index in [2.05, 4.69) is 11.8 Å². The van der Waals surface area contributed by atoms with E-state index < -0.39 is 12.3 Å². The lowest BCUT2D eigenvalue weighted by atomic mass is 10.1. The summed E-state index contributed by atoms with van der Waals surface area (Å²) in [5.74, 6) is 5.98. The highest BCUT2D eigenvalue weighted by Gasteiger charge is 2.36. The smallest absolute Gasteiger partial charge is 0.414 e. The van der Waals surface area contributed by atoms with Gasteiger partial charge in [0.1, 0.15) is 5.75 Å². The molecule has 0 heterocycles. The molecule has 0 aliphatic rings. The predicted molar refractivity (Wildman–Crippen MR) is 69.2 cm³/mol. The topological polar surface area (TPSA) is 44.5 Å². The van der Waals surface area contributed by atoms with Crippen LogP contribution in [0, 0.1) is 11.8 Å². The van der Waals surface area contributed by atoms with Gasteiger partial charge in [-0.1, -0.05) is 11.8 Å². The fourth-order valence-electron chi connectivity index (χ4n) is 1.39. The maximum absolute atomic E-state index is 12.4. The molecule has 0 fully saturated rings. The first-order chi connectivity index (χ1) is 9.38. The minimum atomic E-state index is -4.39. The number of ether oxygens (including phenoxy) is 2. The Morgan fingerprint density at radius 2 is 2.05 bits per heavy atom. The van der Waals surface area contributed by atoms with Crippen LogP contribution < -0.4 is 10.5 Å². The van der Waals surface area contributed by atoms with Crippen molar-refractivity contribution in [3.8, 4) is 17.6 Å². The number of hydrogen-bond acceptors (Lipinski definition) is 3. The van der Waals surface area contributed by atoms with Crippen LogP contribution in [0.1, 0.15) is 18.1 Å². The van der Waals surface area contributed by atoms with Gasteiger partial charge in [0.15, 0.2) is 6.10 Å². The molecule has 0 amide bonds. The molecule has 0 aliphatic carbocycles. The Labute approximate surface area is 115 Å². The molecule has 1 unspecified atom stereocenters. The SMILES string of the molecule is COc1ccc(C#CCN)c(COC(C)C(F)(F)F)c1. The van der Waals surface area contributed by atoms with Crippen molar-refractivity contribution in [2.75, 3.05) is 13.7 Å². The summed E-state index contributed by atoms with van der Waals surface area (Å²) in [5, 5.41) is 0. The highest BCUT2D eigenvalue weighted by atomic mass is 19.4. The van der Waals surface area contributed by atoms with Gasteiger partial charge >= 0.3 is 6.18 Å². The molecule has 0 bridgehead atoms. The third kappa shape index (κ3) is 4.76. The monoisotopic (exact) mass is 287 g/mol. The Hall–Kier alpha value is -1.71. The average Bonchev–Trinajstić information content (AvgIpc) is 2.41. The molecule has 0 aliphatic heterocycles. The molecule has 6 heteroatoms. The zero-order chi connectivity index (χ0) is 15.2. The van der Waals surface area contributed by atoms with Gasteiger partial charge in [-0.2, -0.15) is 13.2 Å². The van der Waals surface area contributed by atoms with E-state index in [9.17, 15) is 13.2 Å². The zero-order valence-electron chi connectivity index (χ0n) is 11.3. The highest BCUT2D eigenvalue weighted by molar-refractivity contribution is 5.45. The molecule has 0 spiro atoms. The van der Waals surface area contributed by atoms with E-state index in [1.807, 2.05) is 0 Å². The van der Waals surface area contributed by atoms with Gasteiger partial charge in [0.2, 0.25) is 0 Å². The van der Waals surface area contributed by atoms with Crippen LogP contribution in [0.3, 0.4) is 0 Å². The summed E-state index contributed by atoms with van der Waals surface area (Å²) in [7, 11) is 1.48. The van der Waals surface area contributed by atoms with Gasteiger partial charge in [0.25, 0.3) is 0 Å². The lowest BCUT2D eigenvalue weighted by Crippen LogP contribution is -2.28. The van der Waals surface area contributed by atoms with E-state index in [-0.39, 0.29) is 13.2 Å². The van der Waals surface area contributed by atoms with Crippen LogP contribution in [0.4, 0.5) is 13.2 Å². The number of nitrogens with two attached hydrogens (primary N) is 1. The second-order valence-corrected chi connectivity index (χ2v) is 4.02. The standard InChI is InChI=1S/C14H16F3NO2/c1-10(14(15,16)17)20-9-12-8-13(19-2)6-5-11(12)4-3-7-18/h5-6,8,10H,7,9,18H2,1-2H3. The Balaban J connectivity index is 2.90. The quantitative estimate of drug-likeness (QED) is 0.865. The normalized spacial score (nSPS) is 12.5. The first-order valence-corrected chi connectivity index (χ1v) is 5.92. The first kappa shape index (κ1) is 16.3. The molecule has 110 valence electrons. The van der Waals surface area contributed by atoms with Crippen LogP contribution in [0.2, 0.25) is 0 Å².